The van der Waals surface area contributed by atoms with Crippen molar-refractivity contribution in [2.75, 3.05) is 7.11 Å². The first kappa shape index (κ1) is 18.1. The van der Waals surface area contributed by atoms with Crippen LogP contribution in [0.2, 0.25) is 0 Å². The molecule has 21 heavy (non-hydrogen) atoms. The molecule has 0 aromatic heterocycles. The smallest absolute Gasteiger partial charge is 0.189 e. The molecule has 0 amide bonds. The molecule has 1 fully saturated rings. The zero-order valence-electron chi connectivity index (χ0n) is 12.9. The number of guanidine groups is 1. The summed E-state index contributed by atoms with van der Waals surface area (Å²) in [5, 5.41) is 3.33. The quantitative estimate of drug-likeness (QED) is 0.461. The van der Waals surface area contributed by atoms with Crippen molar-refractivity contribution >= 4 is 29.9 Å². The standard InChI is InChI=1S/C16H25N3O.HI/c1-12-10-13(8-9-15(12)20-2)11-18-16(17)19-14-6-4-3-5-7-14;/h8-10,14H,3-7,11H2,1-2H3,(H3,17,18,19);1H. The molecule has 0 atom stereocenters. The first-order chi connectivity index (χ1) is 9.69. The molecule has 1 aromatic carbocycles. The number of ether oxygens (including phenoxy) is 1. The first-order valence-electron chi connectivity index (χ1n) is 7.39. The fourth-order valence-electron chi connectivity index (χ4n) is 2.72. The van der Waals surface area contributed by atoms with Crippen LogP contribution < -0.4 is 15.8 Å². The van der Waals surface area contributed by atoms with Gasteiger partial charge in [-0.25, -0.2) is 4.99 Å². The molecule has 0 radical (unpaired) electrons. The van der Waals surface area contributed by atoms with Gasteiger partial charge in [0, 0.05) is 6.04 Å². The maximum atomic E-state index is 5.96. The van der Waals surface area contributed by atoms with Crippen LogP contribution in [0.4, 0.5) is 0 Å². The number of rotatable bonds is 4. The van der Waals surface area contributed by atoms with Crippen molar-refractivity contribution < 1.29 is 4.74 Å². The molecule has 0 bridgehead atoms. The largest absolute Gasteiger partial charge is 0.496 e. The lowest BCUT2D eigenvalue weighted by molar-refractivity contribution is 0.411. The van der Waals surface area contributed by atoms with E-state index in [1.807, 2.05) is 19.1 Å². The minimum atomic E-state index is 0. The van der Waals surface area contributed by atoms with Crippen molar-refractivity contribution in [3.8, 4) is 5.75 Å². The summed E-state index contributed by atoms with van der Waals surface area (Å²) in [5.74, 6) is 1.47. The Morgan fingerprint density at radius 2 is 2.05 bits per heavy atom. The lowest BCUT2D eigenvalue weighted by atomic mass is 9.96. The second kappa shape index (κ2) is 9.12. The maximum absolute atomic E-state index is 5.96. The number of aliphatic imine (C=N–C) groups is 1. The number of nitrogens with zero attached hydrogens (tertiary/aromatic N) is 1. The van der Waals surface area contributed by atoms with Gasteiger partial charge in [-0.2, -0.15) is 0 Å². The number of nitrogens with two attached hydrogens (primary N) is 1. The van der Waals surface area contributed by atoms with E-state index in [-0.39, 0.29) is 24.0 Å². The van der Waals surface area contributed by atoms with Gasteiger partial charge in [-0.15, -0.1) is 24.0 Å². The van der Waals surface area contributed by atoms with Gasteiger partial charge >= 0.3 is 0 Å². The molecule has 5 heteroatoms. The van der Waals surface area contributed by atoms with Crippen molar-refractivity contribution in [2.45, 2.75) is 51.6 Å². The second-order valence-electron chi connectivity index (χ2n) is 5.48. The normalized spacial score (nSPS) is 16.2. The predicted molar refractivity (Wildman–Crippen MR) is 98.5 cm³/mol. The number of halogens is 1. The molecule has 0 unspecified atom stereocenters. The molecule has 1 saturated carbocycles. The van der Waals surface area contributed by atoms with Crippen LogP contribution in [-0.4, -0.2) is 19.1 Å². The SMILES string of the molecule is COc1ccc(CN=C(N)NC2CCCCC2)cc1C.I. The van der Waals surface area contributed by atoms with E-state index in [0.29, 0.717) is 18.5 Å². The van der Waals surface area contributed by atoms with E-state index in [0.717, 1.165) is 16.9 Å². The third-order valence-corrected chi connectivity index (χ3v) is 3.85. The fraction of sp³-hybridized carbons (Fsp3) is 0.562. The van der Waals surface area contributed by atoms with Crippen molar-refractivity contribution in [2.24, 2.45) is 10.7 Å². The van der Waals surface area contributed by atoms with Crippen LogP contribution in [0, 0.1) is 6.92 Å². The predicted octanol–water partition coefficient (Wildman–Crippen LogP) is 3.36. The van der Waals surface area contributed by atoms with Crippen LogP contribution in [0.5, 0.6) is 5.75 Å². The van der Waals surface area contributed by atoms with Crippen molar-refractivity contribution in [3.63, 3.8) is 0 Å². The van der Waals surface area contributed by atoms with E-state index in [1.165, 1.54) is 32.1 Å². The zero-order valence-corrected chi connectivity index (χ0v) is 15.2. The highest BCUT2D eigenvalue weighted by Crippen LogP contribution is 2.19. The third kappa shape index (κ3) is 5.73. The van der Waals surface area contributed by atoms with Crippen molar-refractivity contribution in [1.29, 1.82) is 0 Å². The molecule has 0 heterocycles. The zero-order chi connectivity index (χ0) is 14.4. The highest BCUT2D eigenvalue weighted by atomic mass is 127. The summed E-state index contributed by atoms with van der Waals surface area (Å²) >= 11 is 0. The summed E-state index contributed by atoms with van der Waals surface area (Å²) in [6, 6.07) is 6.61. The maximum Gasteiger partial charge on any atom is 0.189 e. The van der Waals surface area contributed by atoms with Crippen LogP contribution in [0.3, 0.4) is 0 Å². The monoisotopic (exact) mass is 403 g/mol. The van der Waals surface area contributed by atoms with E-state index in [2.05, 4.69) is 16.4 Å². The summed E-state index contributed by atoms with van der Waals surface area (Å²) in [6.45, 7) is 2.64. The number of methoxy groups -OCH3 is 1. The first-order valence-corrected chi connectivity index (χ1v) is 7.39. The van der Waals surface area contributed by atoms with Crippen LogP contribution in [0.15, 0.2) is 23.2 Å². The van der Waals surface area contributed by atoms with Crippen LogP contribution in [0.1, 0.15) is 43.2 Å². The van der Waals surface area contributed by atoms with E-state index in [9.17, 15) is 0 Å². The number of nitrogens with one attached hydrogen (secondary N) is 1. The van der Waals surface area contributed by atoms with E-state index >= 15 is 0 Å². The molecule has 118 valence electrons. The minimum absolute atomic E-state index is 0. The van der Waals surface area contributed by atoms with Gasteiger partial charge in [0.2, 0.25) is 0 Å². The summed E-state index contributed by atoms with van der Waals surface area (Å²) < 4.78 is 5.25. The molecule has 1 aliphatic carbocycles. The van der Waals surface area contributed by atoms with Crippen LogP contribution in [0.25, 0.3) is 0 Å². The Morgan fingerprint density at radius 3 is 2.67 bits per heavy atom. The highest BCUT2D eigenvalue weighted by molar-refractivity contribution is 14.0. The van der Waals surface area contributed by atoms with Gasteiger partial charge in [0.05, 0.1) is 13.7 Å². The molecule has 1 aliphatic rings. The van der Waals surface area contributed by atoms with Gasteiger partial charge in [0.25, 0.3) is 0 Å². The molecule has 0 spiro atoms. The molecular weight excluding hydrogens is 377 g/mol. The molecular formula is C16H26IN3O. The Bertz CT molecular complexity index is 471. The lowest BCUT2D eigenvalue weighted by Crippen LogP contribution is -2.41. The van der Waals surface area contributed by atoms with E-state index < -0.39 is 0 Å². The Balaban J connectivity index is 0.00000220. The Hall–Kier alpha value is -0.980. The van der Waals surface area contributed by atoms with Gasteiger partial charge in [-0.05, 0) is 37.0 Å². The van der Waals surface area contributed by atoms with E-state index in [1.54, 1.807) is 7.11 Å². The summed E-state index contributed by atoms with van der Waals surface area (Å²) in [7, 11) is 1.69. The fourth-order valence-corrected chi connectivity index (χ4v) is 2.72. The minimum Gasteiger partial charge on any atom is -0.496 e. The Morgan fingerprint density at radius 1 is 1.33 bits per heavy atom. The number of hydrogen-bond donors (Lipinski definition) is 2. The number of aryl methyl sites for hydroxylation is 1. The highest BCUT2D eigenvalue weighted by Gasteiger charge is 2.13. The molecule has 0 saturated heterocycles. The van der Waals surface area contributed by atoms with Crippen molar-refractivity contribution in [3.05, 3.63) is 29.3 Å². The van der Waals surface area contributed by atoms with E-state index in [4.69, 9.17) is 10.5 Å². The summed E-state index contributed by atoms with van der Waals surface area (Å²) in [5.41, 5.74) is 8.23. The van der Waals surface area contributed by atoms with Gasteiger partial charge in [0.15, 0.2) is 5.96 Å². The Labute approximate surface area is 144 Å². The second-order valence-corrected chi connectivity index (χ2v) is 5.48. The molecule has 0 aliphatic heterocycles. The average Bonchev–Trinajstić information content (AvgIpc) is 2.46. The third-order valence-electron chi connectivity index (χ3n) is 3.85. The topological polar surface area (TPSA) is 59.6 Å². The van der Waals surface area contributed by atoms with Crippen LogP contribution >= 0.6 is 24.0 Å². The molecule has 3 N–H and O–H groups in total. The molecule has 4 nitrogen and oxygen atoms in total. The van der Waals surface area contributed by atoms with Gasteiger partial charge in [0.1, 0.15) is 5.75 Å². The van der Waals surface area contributed by atoms with Gasteiger partial charge in [-0.1, -0.05) is 31.4 Å². The molecule has 1 aromatic rings. The molecule has 2 rings (SSSR count). The summed E-state index contributed by atoms with van der Waals surface area (Å²) in [4.78, 5) is 4.43. The summed E-state index contributed by atoms with van der Waals surface area (Å²) in [6.07, 6.45) is 6.35. The Kier molecular flexibility index (Phi) is 7.85. The average molecular weight is 403 g/mol. The van der Waals surface area contributed by atoms with Crippen LogP contribution in [-0.2, 0) is 6.54 Å². The van der Waals surface area contributed by atoms with Crippen molar-refractivity contribution in [1.82, 2.24) is 5.32 Å². The lowest BCUT2D eigenvalue weighted by Gasteiger charge is -2.23. The van der Waals surface area contributed by atoms with Gasteiger partial charge < -0.3 is 15.8 Å². The van der Waals surface area contributed by atoms with Gasteiger partial charge in [-0.3, -0.25) is 0 Å². The number of hydrogen-bond acceptors (Lipinski definition) is 2. The number of benzene rings is 1.